The van der Waals surface area contributed by atoms with Gasteiger partial charge in [-0.05, 0) is 43.0 Å². The molecule has 0 saturated heterocycles. The fourth-order valence-corrected chi connectivity index (χ4v) is 5.88. The zero-order chi connectivity index (χ0) is 24.9. The lowest BCUT2D eigenvalue weighted by Gasteiger charge is -2.26. The van der Waals surface area contributed by atoms with Crippen molar-refractivity contribution in [1.82, 2.24) is 0 Å². The maximum Gasteiger partial charge on any atom is 0.285 e. The van der Waals surface area contributed by atoms with Crippen molar-refractivity contribution in [3.8, 4) is 0 Å². The number of ether oxygens (including phenoxy) is 1. The second-order valence-corrected chi connectivity index (χ2v) is 9.80. The Bertz CT molecular complexity index is 1270. The summed E-state index contributed by atoms with van der Waals surface area (Å²) in [5.41, 5.74) is 3.47. The normalized spacial score (nSPS) is 13.8. The van der Waals surface area contributed by atoms with Gasteiger partial charge >= 0.3 is 0 Å². The van der Waals surface area contributed by atoms with Gasteiger partial charge in [-0.1, -0.05) is 78.4 Å². The maximum atomic E-state index is 13.5. The highest BCUT2D eigenvalue weighted by Crippen LogP contribution is 2.36. The summed E-state index contributed by atoms with van der Waals surface area (Å²) >= 11 is 0. The molecular weight excluding hydrogens is 452 g/mol. The van der Waals surface area contributed by atoms with Gasteiger partial charge in [0.25, 0.3) is 10.0 Å². The van der Waals surface area contributed by atoms with Crippen LogP contribution < -0.4 is 0 Å². The summed E-state index contributed by atoms with van der Waals surface area (Å²) < 4.78 is 36.6. The molecule has 3 aromatic rings. The van der Waals surface area contributed by atoms with Crippen LogP contribution in [0.25, 0.3) is 0 Å². The topological polar surface area (TPSA) is 98.9 Å². The molecule has 0 radical (unpaired) electrons. The number of nitrogens with zero attached hydrogens (tertiary/aromatic N) is 2. The van der Waals surface area contributed by atoms with Gasteiger partial charge in [0.2, 0.25) is 12.4 Å². The number of sulfonamides is 1. The van der Waals surface area contributed by atoms with Gasteiger partial charge in [-0.25, -0.2) is 0 Å². The minimum atomic E-state index is -4.15. The largest absolute Gasteiger partial charge is 0.483 e. The molecule has 0 aromatic heterocycles. The molecule has 178 valence electrons. The molecule has 0 N–H and O–H groups in total. The van der Waals surface area contributed by atoms with Gasteiger partial charge in [0.05, 0.1) is 23.8 Å². The van der Waals surface area contributed by atoms with Crippen LogP contribution in [0.2, 0.25) is 0 Å². The van der Waals surface area contributed by atoms with Gasteiger partial charge in [0.1, 0.15) is 0 Å². The average molecular weight is 481 g/mol. The third-order valence-electron chi connectivity index (χ3n) is 5.68. The van der Waals surface area contributed by atoms with Gasteiger partial charge in [0.15, 0.2) is 0 Å². The highest BCUT2D eigenvalue weighted by molar-refractivity contribution is 7.90. The fourth-order valence-electron chi connectivity index (χ4n) is 4.43. The SMILES string of the molecule is CO/C(=N\S(=O)(=O)c1c(C)cc(C)cc1C)[C@H](c1ccccc1)[C@H](C[N+](=O)[O-])c1ccccc1. The fraction of sp³-hybridized carbons (Fsp3) is 0.269. The van der Waals surface area contributed by atoms with Crippen LogP contribution in [0.5, 0.6) is 0 Å². The first-order chi connectivity index (χ1) is 16.1. The number of nitro groups is 1. The van der Waals surface area contributed by atoms with E-state index in [1.165, 1.54) is 7.11 Å². The van der Waals surface area contributed by atoms with Crippen molar-refractivity contribution in [2.45, 2.75) is 37.5 Å². The molecular formula is C26H28N2O5S. The van der Waals surface area contributed by atoms with Crippen LogP contribution in [-0.2, 0) is 14.8 Å². The summed E-state index contributed by atoms with van der Waals surface area (Å²) in [6.45, 7) is 4.93. The van der Waals surface area contributed by atoms with Crippen molar-refractivity contribution in [2.75, 3.05) is 13.7 Å². The molecule has 0 aliphatic heterocycles. The first-order valence-electron chi connectivity index (χ1n) is 10.8. The van der Waals surface area contributed by atoms with Crippen LogP contribution in [0.15, 0.2) is 82.1 Å². The van der Waals surface area contributed by atoms with Crippen molar-refractivity contribution in [2.24, 2.45) is 4.40 Å². The molecule has 0 aliphatic rings. The number of aryl methyl sites for hydroxylation is 3. The number of hydrogen-bond acceptors (Lipinski definition) is 5. The van der Waals surface area contributed by atoms with E-state index in [4.69, 9.17) is 4.74 Å². The van der Waals surface area contributed by atoms with Crippen molar-refractivity contribution < 1.29 is 18.1 Å². The number of benzene rings is 3. The smallest absolute Gasteiger partial charge is 0.285 e. The molecule has 0 amide bonds. The maximum absolute atomic E-state index is 13.5. The van der Waals surface area contributed by atoms with Crippen LogP contribution in [-0.4, -0.2) is 32.9 Å². The van der Waals surface area contributed by atoms with E-state index < -0.39 is 33.3 Å². The lowest BCUT2D eigenvalue weighted by Crippen LogP contribution is -2.28. The molecule has 0 spiro atoms. The number of methoxy groups -OCH3 is 1. The summed E-state index contributed by atoms with van der Waals surface area (Å²) in [7, 11) is -2.81. The van der Waals surface area contributed by atoms with Crippen LogP contribution in [0, 0.1) is 30.9 Å². The summed E-state index contributed by atoms with van der Waals surface area (Å²) in [6, 6.07) is 21.6. The van der Waals surface area contributed by atoms with E-state index in [-0.39, 0.29) is 10.8 Å². The lowest BCUT2D eigenvalue weighted by molar-refractivity contribution is -0.483. The second kappa shape index (κ2) is 10.6. The Hall–Kier alpha value is -3.52. The van der Waals surface area contributed by atoms with Gasteiger partial charge < -0.3 is 4.74 Å². The molecule has 0 bridgehead atoms. The van der Waals surface area contributed by atoms with Crippen LogP contribution in [0.4, 0.5) is 0 Å². The second-order valence-electron chi connectivity index (χ2n) is 8.26. The van der Waals surface area contributed by atoms with E-state index in [0.29, 0.717) is 22.3 Å². The molecule has 7 nitrogen and oxygen atoms in total. The number of hydrogen-bond donors (Lipinski definition) is 0. The van der Waals surface area contributed by atoms with Crippen molar-refractivity contribution >= 4 is 15.9 Å². The zero-order valence-corrected chi connectivity index (χ0v) is 20.5. The van der Waals surface area contributed by atoms with Crippen LogP contribution in [0.1, 0.15) is 39.7 Å². The Morgan fingerprint density at radius 2 is 1.44 bits per heavy atom. The van der Waals surface area contributed by atoms with Gasteiger partial charge in [-0.2, -0.15) is 8.42 Å². The molecule has 8 heteroatoms. The van der Waals surface area contributed by atoms with E-state index in [9.17, 15) is 18.5 Å². The lowest BCUT2D eigenvalue weighted by atomic mass is 9.81. The quantitative estimate of drug-likeness (QED) is 0.191. The Balaban J connectivity index is 2.24. The zero-order valence-electron chi connectivity index (χ0n) is 19.6. The highest BCUT2D eigenvalue weighted by atomic mass is 32.2. The van der Waals surface area contributed by atoms with E-state index in [2.05, 4.69) is 4.40 Å². The summed E-state index contributed by atoms with van der Waals surface area (Å²) in [6.07, 6.45) is 0. The molecule has 0 aliphatic carbocycles. The molecule has 2 atom stereocenters. The highest BCUT2D eigenvalue weighted by Gasteiger charge is 2.36. The van der Waals surface area contributed by atoms with E-state index in [0.717, 1.165) is 5.56 Å². The minimum absolute atomic E-state index is 0.0960. The third-order valence-corrected chi connectivity index (χ3v) is 7.26. The molecule has 0 saturated carbocycles. The summed E-state index contributed by atoms with van der Waals surface area (Å²) in [4.78, 5) is 11.4. The summed E-state index contributed by atoms with van der Waals surface area (Å²) in [5.74, 6) is -1.59. The van der Waals surface area contributed by atoms with E-state index in [1.807, 2.05) is 19.1 Å². The molecule has 3 aromatic carbocycles. The molecule has 0 unspecified atom stereocenters. The Morgan fingerprint density at radius 1 is 0.941 bits per heavy atom. The predicted octanol–water partition coefficient (Wildman–Crippen LogP) is 5.19. The van der Waals surface area contributed by atoms with Crippen LogP contribution in [0.3, 0.4) is 0 Å². The average Bonchev–Trinajstić information content (AvgIpc) is 2.78. The first-order valence-corrected chi connectivity index (χ1v) is 12.3. The molecule has 0 heterocycles. The Labute approximate surface area is 200 Å². The third kappa shape index (κ3) is 5.69. The van der Waals surface area contributed by atoms with Crippen molar-refractivity contribution in [3.63, 3.8) is 0 Å². The van der Waals surface area contributed by atoms with Crippen molar-refractivity contribution in [3.05, 3.63) is 111 Å². The van der Waals surface area contributed by atoms with Gasteiger partial charge in [0, 0.05) is 4.92 Å². The van der Waals surface area contributed by atoms with E-state index >= 15 is 0 Å². The van der Waals surface area contributed by atoms with Crippen molar-refractivity contribution in [1.29, 1.82) is 0 Å². The number of rotatable bonds is 8. The van der Waals surface area contributed by atoms with Crippen LogP contribution >= 0.6 is 0 Å². The Kier molecular flexibility index (Phi) is 7.83. The Morgan fingerprint density at radius 3 is 1.91 bits per heavy atom. The molecule has 34 heavy (non-hydrogen) atoms. The van der Waals surface area contributed by atoms with Gasteiger partial charge in [-0.15, -0.1) is 4.40 Å². The minimum Gasteiger partial charge on any atom is -0.483 e. The predicted molar refractivity (Wildman–Crippen MR) is 133 cm³/mol. The first kappa shape index (κ1) is 25.1. The van der Waals surface area contributed by atoms with Gasteiger partial charge in [-0.3, -0.25) is 10.1 Å². The summed E-state index contributed by atoms with van der Waals surface area (Å²) in [5, 5.41) is 11.7. The standard InChI is InChI=1S/C26H28N2O5S/c1-18-15-19(2)25(20(3)16-18)34(31,32)27-26(33-4)24(22-13-9-6-10-14-22)23(17-28(29)30)21-11-7-5-8-12-21/h5-16,23-24H,17H2,1-4H3/b27-26-/t23-,24-/m1/s1. The monoisotopic (exact) mass is 480 g/mol. The molecule has 3 rings (SSSR count). The van der Waals surface area contributed by atoms with E-state index in [1.54, 1.807) is 74.5 Å². The molecule has 0 fully saturated rings.